The van der Waals surface area contributed by atoms with Crippen LogP contribution in [-0.2, 0) is 0 Å². The highest BCUT2D eigenvalue weighted by Gasteiger charge is 2.34. The molecule has 0 amide bonds. The predicted molar refractivity (Wildman–Crippen MR) is 87.6 cm³/mol. The van der Waals surface area contributed by atoms with Crippen molar-refractivity contribution in [3.63, 3.8) is 0 Å². The molecule has 0 aromatic heterocycles. The summed E-state index contributed by atoms with van der Waals surface area (Å²) in [5.41, 5.74) is 0. The van der Waals surface area contributed by atoms with Crippen molar-refractivity contribution in [1.29, 1.82) is 0 Å². The zero-order valence-electron chi connectivity index (χ0n) is 13.8. The molecule has 0 radical (unpaired) electrons. The van der Waals surface area contributed by atoms with Gasteiger partial charge in [-0.15, -0.1) is 0 Å². The lowest BCUT2D eigenvalue weighted by atomic mass is 10.2. The summed E-state index contributed by atoms with van der Waals surface area (Å²) < 4.78 is 37.3. The molecule has 8 heteroatoms. The first-order valence-corrected chi connectivity index (χ1v) is 8.77. The molecule has 1 unspecified atom stereocenters. The minimum atomic E-state index is -4.13. The fourth-order valence-electron chi connectivity index (χ4n) is 2.19. The summed E-state index contributed by atoms with van der Waals surface area (Å²) >= 11 is 1.74. The number of likely N-dealkylation sites (tertiary alicyclic amines) is 1. The Bertz CT molecular complexity index is 372. The molecule has 1 fully saturated rings. The van der Waals surface area contributed by atoms with Gasteiger partial charge in [-0.3, -0.25) is 9.89 Å². The molecule has 4 nitrogen and oxygen atoms in total. The van der Waals surface area contributed by atoms with E-state index < -0.39 is 12.7 Å². The maximum atomic E-state index is 12.4. The highest BCUT2D eigenvalue weighted by molar-refractivity contribution is 7.99. The van der Waals surface area contributed by atoms with Crippen LogP contribution >= 0.6 is 11.8 Å². The predicted octanol–water partition coefficient (Wildman–Crippen LogP) is 2.32. The third-order valence-electron chi connectivity index (χ3n) is 3.53. The Kier molecular flexibility index (Phi) is 7.31. The first-order chi connectivity index (χ1) is 10.1. The van der Waals surface area contributed by atoms with E-state index in [-0.39, 0.29) is 10.8 Å². The van der Waals surface area contributed by atoms with Crippen LogP contribution in [0.25, 0.3) is 0 Å². The van der Waals surface area contributed by atoms with Gasteiger partial charge in [-0.2, -0.15) is 24.9 Å². The molecule has 0 saturated carbocycles. The lowest BCUT2D eigenvalue weighted by molar-refractivity contribution is -0.143. The van der Waals surface area contributed by atoms with Crippen LogP contribution in [0.1, 0.15) is 27.2 Å². The third kappa shape index (κ3) is 7.58. The molecule has 1 aliphatic rings. The van der Waals surface area contributed by atoms with E-state index >= 15 is 0 Å². The van der Waals surface area contributed by atoms with Gasteiger partial charge in [0.05, 0.1) is 13.1 Å². The van der Waals surface area contributed by atoms with Gasteiger partial charge in [0.25, 0.3) is 0 Å². The quantitative estimate of drug-likeness (QED) is 0.575. The van der Waals surface area contributed by atoms with Crippen molar-refractivity contribution in [3.8, 4) is 0 Å². The van der Waals surface area contributed by atoms with Crippen LogP contribution < -0.4 is 10.6 Å². The summed E-state index contributed by atoms with van der Waals surface area (Å²) in [5.74, 6) is 0.684. The Morgan fingerprint density at radius 3 is 2.59 bits per heavy atom. The standard InChI is InChI=1S/C14H27F3N4S/c1-5-18-12(19-9-13(2,3)22-4)20-11-6-7-21(8-11)10-14(15,16)17/h11H,5-10H2,1-4H3,(H2,18,19,20). The molecule has 1 heterocycles. The van der Waals surface area contributed by atoms with Gasteiger partial charge < -0.3 is 10.6 Å². The fourth-order valence-corrected chi connectivity index (χ4v) is 2.39. The van der Waals surface area contributed by atoms with Crippen LogP contribution in [0.3, 0.4) is 0 Å². The number of alkyl halides is 3. The van der Waals surface area contributed by atoms with Crippen LogP contribution in [0, 0.1) is 0 Å². The number of halogens is 3. The molecule has 22 heavy (non-hydrogen) atoms. The lowest BCUT2D eigenvalue weighted by Gasteiger charge is -2.22. The molecule has 130 valence electrons. The largest absolute Gasteiger partial charge is 0.401 e. The van der Waals surface area contributed by atoms with E-state index in [1.54, 1.807) is 11.8 Å². The molecule has 0 bridgehead atoms. The zero-order chi connectivity index (χ0) is 16.8. The number of nitrogens with zero attached hydrogens (tertiary/aromatic N) is 2. The molecule has 0 aliphatic carbocycles. The van der Waals surface area contributed by atoms with Gasteiger partial charge in [0.15, 0.2) is 5.96 Å². The third-order valence-corrected chi connectivity index (χ3v) is 4.77. The van der Waals surface area contributed by atoms with Crippen LogP contribution in [0.2, 0.25) is 0 Å². The minimum absolute atomic E-state index is 0.0116. The Morgan fingerprint density at radius 2 is 2.05 bits per heavy atom. The number of guanidine groups is 1. The second-order valence-electron chi connectivity index (χ2n) is 6.14. The first-order valence-electron chi connectivity index (χ1n) is 7.54. The van der Waals surface area contributed by atoms with E-state index in [1.807, 2.05) is 13.2 Å². The maximum absolute atomic E-state index is 12.4. The molecule has 1 aliphatic heterocycles. The molecule has 1 saturated heterocycles. The number of aliphatic imine (C=N–C) groups is 1. The van der Waals surface area contributed by atoms with Gasteiger partial charge in [0, 0.05) is 30.4 Å². The molecular weight excluding hydrogens is 313 g/mol. The van der Waals surface area contributed by atoms with Gasteiger partial charge in [-0.05, 0) is 33.4 Å². The molecule has 0 spiro atoms. The Labute approximate surface area is 135 Å². The molecule has 1 atom stereocenters. The van der Waals surface area contributed by atoms with E-state index in [0.29, 0.717) is 32.0 Å². The summed E-state index contributed by atoms with van der Waals surface area (Å²) in [7, 11) is 0. The van der Waals surface area contributed by atoms with Gasteiger partial charge in [0.2, 0.25) is 0 Å². The number of hydrogen-bond acceptors (Lipinski definition) is 3. The average Bonchev–Trinajstić information content (AvgIpc) is 2.81. The van der Waals surface area contributed by atoms with E-state index in [0.717, 1.165) is 6.54 Å². The molecule has 1 rings (SSSR count). The monoisotopic (exact) mass is 340 g/mol. The molecular formula is C14H27F3N4S. The van der Waals surface area contributed by atoms with E-state index in [9.17, 15) is 13.2 Å². The van der Waals surface area contributed by atoms with Gasteiger partial charge >= 0.3 is 6.18 Å². The smallest absolute Gasteiger partial charge is 0.357 e. The second-order valence-corrected chi connectivity index (χ2v) is 7.65. The Morgan fingerprint density at radius 1 is 1.36 bits per heavy atom. The second kappa shape index (κ2) is 8.29. The van der Waals surface area contributed by atoms with Crippen LogP contribution in [0.5, 0.6) is 0 Å². The van der Waals surface area contributed by atoms with Crippen LogP contribution in [0.15, 0.2) is 4.99 Å². The van der Waals surface area contributed by atoms with Crippen molar-refractivity contribution in [2.45, 2.75) is 44.2 Å². The van der Waals surface area contributed by atoms with Crippen LogP contribution in [-0.4, -0.2) is 66.8 Å². The SMILES string of the molecule is CCNC(=NCC(C)(C)SC)NC1CCN(CC(F)(F)F)C1. The Balaban J connectivity index is 2.52. The number of rotatable bonds is 6. The summed E-state index contributed by atoms with van der Waals surface area (Å²) in [4.78, 5) is 5.99. The van der Waals surface area contributed by atoms with Crippen LogP contribution in [0.4, 0.5) is 13.2 Å². The van der Waals surface area contributed by atoms with Gasteiger partial charge in [0.1, 0.15) is 0 Å². The minimum Gasteiger partial charge on any atom is -0.357 e. The normalized spacial score (nSPS) is 21.2. The maximum Gasteiger partial charge on any atom is 0.401 e. The van der Waals surface area contributed by atoms with Gasteiger partial charge in [-0.25, -0.2) is 0 Å². The average molecular weight is 340 g/mol. The van der Waals surface area contributed by atoms with E-state index in [4.69, 9.17) is 0 Å². The Hall–Kier alpha value is -0.630. The zero-order valence-corrected chi connectivity index (χ0v) is 14.6. The summed E-state index contributed by atoms with van der Waals surface area (Å²) in [5, 5.41) is 6.41. The fraction of sp³-hybridized carbons (Fsp3) is 0.929. The number of hydrogen-bond donors (Lipinski definition) is 2. The van der Waals surface area contributed by atoms with Crippen molar-refractivity contribution in [2.24, 2.45) is 4.99 Å². The summed E-state index contributed by atoms with van der Waals surface area (Å²) in [6.45, 7) is 7.62. The first kappa shape index (κ1) is 19.4. The summed E-state index contributed by atoms with van der Waals surface area (Å²) in [6.07, 6.45) is -1.38. The van der Waals surface area contributed by atoms with Crippen molar-refractivity contribution in [2.75, 3.05) is 39.0 Å². The van der Waals surface area contributed by atoms with Crippen molar-refractivity contribution in [1.82, 2.24) is 15.5 Å². The molecule has 0 aromatic rings. The number of thioether (sulfide) groups is 1. The van der Waals surface area contributed by atoms with E-state index in [2.05, 4.69) is 29.5 Å². The van der Waals surface area contributed by atoms with Crippen molar-refractivity contribution < 1.29 is 13.2 Å². The molecule has 0 aromatic carbocycles. The van der Waals surface area contributed by atoms with Crippen molar-refractivity contribution in [3.05, 3.63) is 0 Å². The topological polar surface area (TPSA) is 39.7 Å². The highest BCUT2D eigenvalue weighted by atomic mass is 32.2. The summed E-state index contributed by atoms with van der Waals surface area (Å²) in [6, 6.07) is 0.0116. The number of nitrogens with one attached hydrogen (secondary N) is 2. The molecule has 2 N–H and O–H groups in total. The van der Waals surface area contributed by atoms with E-state index in [1.165, 1.54) is 4.90 Å². The highest BCUT2D eigenvalue weighted by Crippen LogP contribution is 2.21. The lowest BCUT2D eigenvalue weighted by Crippen LogP contribution is -2.45. The van der Waals surface area contributed by atoms with Crippen molar-refractivity contribution >= 4 is 17.7 Å². The van der Waals surface area contributed by atoms with Gasteiger partial charge in [-0.1, -0.05) is 0 Å².